The Morgan fingerprint density at radius 1 is 1.12 bits per heavy atom. The number of rotatable bonds is 6. The van der Waals surface area contributed by atoms with Crippen molar-refractivity contribution in [2.45, 2.75) is 17.9 Å². The molecule has 0 saturated carbocycles. The molecule has 8 heteroatoms. The van der Waals surface area contributed by atoms with E-state index in [9.17, 15) is 17.6 Å². The van der Waals surface area contributed by atoms with E-state index in [0.717, 1.165) is 28.6 Å². The second kappa shape index (κ2) is 7.19. The predicted octanol–water partition coefficient (Wildman–Crippen LogP) is 3.18. The van der Waals surface area contributed by atoms with E-state index in [1.807, 2.05) is 0 Å². The van der Waals surface area contributed by atoms with Gasteiger partial charge >= 0.3 is 0 Å². The number of halogens is 2. The highest BCUT2D eigenvalue weighted by molar-refractivity contribution is 7.93. The number of sulfonamides is 1. The molecule has 1 atom stereocenters. The van der Waals surface area contributed by atoms with Crippen molar-refractivity contribution in [2.24, 2.45) is 0 Å². The molecule has 0 radical (unpaired) electrons. The molecule has 0 aliphatic carbocycles. The van der Waals surface area contributed by atoms with Gasteiger partial charge in [0.15, 0.2) is 0 Å². The minimum Gasteiger partial charge on any atom is -0.497 e. The van der Waals surface area contributed by atoms with Crippen LogP contribution >= 0.6 is 11.6 Å². The maximum Gasteiger partial charge on any atom is 0.265 e. The molecular formula is C16H15ClFNO4S. The fourth-order valence-corrected chi connectivity index (χ4v) is 3.89. The highest BCUT2D eigenvalue weighted by atomic mass is 35.5. The maximum absolute atomic E-state index is 13.1. The number of hydrogen-bond acceptors (Lipinski definition) is 4. The number of carbonyl (C=O) groups is 1. The van der Waals surface area contributed by atoms with Crippen LogP contribution in [0, 0.1) is 5.82 Å². The second-order valence-corrected chi connectivity index (χ2v) is 7.12. The largest absolute Gasteiger partial charge is 0.497 e. The number of carbonyl (C=O) groups excluding carboxylic acids is 1. The monoisotopic (exact) mass is 371 g/mol. The lowest BCUT2D eigenvalue weighted by atomic mass is 10.2. The van der Waals surface area contributed by atoms with Crippen molar-refractivity contribution in [3.63, 3.8) is 0 Å². The van der Waals surface area contributed by atoms with Crippen LogP contribution in [0.3, 0.4) is 0 Å². The first-order valence-electron chi connectivity index (χ1n) is 6.91. The van der Waals surface area contributed by atoms with E-state index in [4.69, 9.17) is 16.3 Å². The Bertz CT molecular complexity index is 822. The zero-order chi connectivity index (χ0) is 17.9. The summed E-state index contributed by atoms with van der Waals surface area (Å²) in [7, 11) is -2.64. The van der Waals surface area contributed by atoms with E-state index in [0.29, 0.717) is 5.75 Å². The van der Waals surface area contributed by atoms with Gasteiger partial charge in [0.25, 0.3) is 10.0 Å². The Morgan fingerprint density at radius 2 is 1.67 bits per heavy atom. The van der Waals surface area contributed by atoms with Crippen LogP contribution in [0.15, 0.2) is 53.4 Å². The maximum atomic E-state index is 13.1. The molecule has 0 aliphatic rings. The van der Waals surface area contributed by atoms with E-state index in [-0.39, 0.29) is 10.6 Å². The molecule has 0 aromatic heterocycles. The average Bonchev–Trinajstić information content (AvgIpc) is 2.55. The molecule has 2 aromatic rings. The number of benzene rings is 2. The lowest BCUT2D eigenvalue weighted by Crippen LogP contribution is -2.42. The molecule has 0 bridgehead atoms. The third kappa shape index (κ3) is 3.68. The van der Waals surface area contributed by atoms with Crippen LogP contribution in [0.5, 0.6) is 5.75 Å². The van der Waals surface area contributed by atoms with E-state index in [2.05, 4.69) is 0 Å². The first-order chi connectivity index (χ1) is 11.3. The standard InChI is InChI=1S/C16H15ClFNO4S/c1-11(16(17)20)19(13-5-7-14(23-2)8-6-13)24(21,22)15-9-3-12(18)4-10-15/h3-11H,1-2H3. The third-order valence-corrected chi connectivity index (χ3v) is 5.61. The molecule has 0 spiro atoms. The Labute approximate surface area is 144 Å². The van der Waals surface area contributed by atoms with Crippen molar-refractivity contribution in [2.75, 3.05) is 11.4 Å². The number of methoxy groups -OCH3 is 1. The lowest BCUT2D eigenvalue weighted by Gasteiger charge is -2.28. The Balaban J connectivity index is 2.56. The van der Waals surface area contributed by atoms with E-state index in [1.54, 1.807) is 12.1 Å². The number of hydrogen-bond donors (Lipinski definition) is 0. The molecular weight excluding hydrogens is 357 g/mol. The molecule has 128 valence electrons. The summed E-state index contributed by atoms with van der Waals surface area (Å²) in [6.07, 6.45) is 0. The first kappa shape index (κ1) is 18.2. The van der Waals surface area contributed by atoms with Gasteiger partial charge in [-0.05, 0) is 67.1 Å². The number of anilines is 1. The van der Waals surface area contributed by atoms with Gasteiger partial charge in [-0.25, -0.2) is 12.8 Å². The van der Waals surface area contributed by atoms with Gasteiger partial charge in [-0.15, -0.1) is 0 Å². The summed E-state index contributed by atoms with van der Waals surface area (Å²) in [5.41, 5.74) is 0.238. The normalized spacial score (nSPS) is 12.5. The Kier molecular flexibility index (Phi) is 5.46. The Hall–Kier alpha value is -2.12. The van der Waals surface area contributed by atoms with Crippen molar-refractivity contribution in [3.8, 4) is 5.75 Å². The quantitative estimate of drug-likeness (QED) is 0.731. The van der Waals surface area contributed by atoms with Crippen molar-refractivity contribution in [1.29, 1.82) is 0 Å². The van der Waals surface area contributed by atoms with Gasteiger partial charge in [-0.3, -0.25) is 9.10 Å². The molecule has 2 aromatic carbocycles. The molecule has 24 heavy (non-hydrogen) atoms. The van der Waals surface area contributed by atoms with Gasteiger partial charge in [0.2, 0.25) is 5.24 Å². The van der Waals surface area contributed by atoms with Crippen LogP contribution < -0.4 is 9.04 Å². The number of ether oxygens (including phenoxy) is 1. The zero-order valence-electron chi connectivity index (χ0n) is 12.9. The molecule has 2 rings (SSSR count). The Morgan fingerprint density at radius 3 is 2.12 bits per heavy atom. The van der Waals surface area contributed by atoms with Crippen LogP contribution in [0.25, 0.3) is 0 Å². The number of nitrogens with zero attached hydrogens (tertiary/aromatic N) is 1. The summed E-state index contributed by atoms with van der Waals surface area (Å²) < 4.78 is 44.8. The summed E-state index contributed by atoms with van der Waals surface area (Å²) in [6, 6.07) is 9.31. The third-order valence-electron chi connectivity index (χ3n) is 3.38. The van der Waals surface area contributed by atoms with Gasteiger partial charge in [0, 0.05) is 0 Å². The van der Waals surface area contributed by atoms with E-state index >= 15 is 0 Å². The molecule has 1 unspecified atom stereocenters. The average molecular weight is 372 g/mol. The van der Waals surface area contributed by atoms with Crippen molar-refractivity contribution in [3.05, 3.63) is 54.3 Å². The van der Waals surface area contributed by atoms with Crippen molar-refractivity contribution >= 4 is 32.6 Å². The summed E-state index contributed by atoms with van der Waals surface area (Å²) >= 11 is 5.52. The second-order valence-electron chi connectivity index (χ2n) is 4.93. The molecule has 0 aliphatic heterocycles. The van der Waals surface area contributed by atoms with Crippen LogP contribution in [-0.2, 0) is 14.8 Å². The van der Waals surface area contributed by atoms with Gasteiger partial charge in [-0.2, -0.15) is 0 Å². The first-order valence-corrected chi connectivity index (χ1v) is 8.72. The fraction of sp³-hybridized carbons (Fsp3) is 0.188. The summed E-state index contributed by atoms with van der Waals surface area (Å²) in [6.45, 7) is 1.38. The summed E-state index contributed by atoms with van der Waals surface area (Å²) in [4.78, 5) is 11.4. The molecule has 0 fully saturated rings. The van der Waals surface area contributed by atoms with Crippen molar-refractivity contribution < 1.29 is 22.3 Å². The zero-order valence-corrected chi connectivity index (χ0v) is 14.5. The highest BCUT2D eigenvalue weighted by Crippen LogP contribution is 2.28. The van der Waals surface area contributed by atoms with Crippen LogP contribution in [0.4, 0.5) is 10.1 Å². The SMILES string of the molecule is COc1ccc(N(C(C)C(=O)Cl)S(=O)(=O)c2ccc(F)cc2)cc1. The minimum absolute atomic E-state index is 0.149. The topological polar surface area (TPSA) is 63.7 Å². The minimum atomic E-state index is -4.11. The summed E-state index contributed by atoms with van der Waals surface area (Å²) in [5, 5.41) is -0.837. The molecule has 0 N–H and O–H groups in total. The fourth-order valence-electron chi connectivity index (χ4n) is 2.11. The van der Waals surface area contributed by atoms with Crippen LogP contribution in [0.1, 0.15) is 6.92 Å². The van der Waals surface area contributed by atoms with Crippen LogP contribution in [0.2, 0.25) is 0 Å². The van der Waals surface area contributed by atoms with Gasteiger partial charge in [0.05, 0.1) is 17.7 Å². The smallest absolute Gasteiger partial charge is 0.265 e. The molecule has 0 saturated heterocycles. The lowest BCUT2D eigenvalue weighted by molar-refractivity contribution is -0.112. The highest BCUT2D eigenvalue weighted by Gasteiger charge is 2.32. The van der Waals surface area contributed by atoms with Crippen LogP contribution in [-0.4, -0.2) is 26.8 Å². The molecule has 0 amide bonds. The van der Waals surface area contributed by atoms with Gasteiger partial charge in [0.1, 0.15) is 17.6 Å². The van der Waals surface area contributed by atoms with Crippen molar-refractivity contribution in [1.82, 2.24) is 0 Å². The molecule has 5 nitrogen and oxygen atoms in total. The van der Waals surface area contributed by atoms with E-state index in [1.165, 1.54) is 26.2 Å². The predicted molar refractivity (Wildman–Crippen MR) is 89.4 cm³/mol. The summed E-state index contributed by atoms with van der Waals surface area (Å²) in [5.74, 6) is -0.0332. The van der Waals surface area contributed by atoms with Gasteiger partial charge < -0.3 is 4.74 Å². The van der Waals surface area contributed by atoms with Gasteiger partial charge in [-0.1, -0.05) is 0 Å². The molecule has 0 heterocycles. The van der Waals surface area contributed by atoms with E-state index < -0.39 is 27.1 Å².